The molecule has 2 heterocycles. The number of carbonyl (C=O) groups is 2. The van der Waals surface area contributed by atoms with Gasteiger partial charge in [0.05, 0.1) is 18.1 Å². The molecule has 1 amide bonds. The van der Waals surface area contributed by atoms with Crippen LogP contribution >= 0.6 is 11.3 Å². The smallest absolute Gasteiger partial charge is 0.331 e. The first-order chi connectivity index (χ1) is 10.8. The van der Waals surface area contributed by atoms with Crippen LogP contribution in [0.25, 0.3) is 10.2 Å². The second kappa shape index (κ2) is 6.64. The summed E-state index contributed by atoms with van der Waals surface area (Å²) in [5, 5.41) is 13.2. The summed E-state index contributed by atoms with van der Waals surface area (Å²) in [6.45, 7) is 7.16. The zero-order chi connectivity index (χ0) is 17.3. The van der Waals surface area contributed by atoms with Gasteiger partial charge in [0.1, 0.15) is 4.83 Å². The van der Waals surface area contributed by atoms with Crippen molar-refractivity contribution in [3.05, 3.63) is 27.8 Å². The third kappa shape index (κ3) is 3.35. The predicted molar refractivity (Wildman–Crippen MR) is 88.8 cm³/mol. The molecular formula is C16H20N2O4S. The summed E-state index contributed by atoms with van der Waals surface area (Å²) in [5.41, 5.74) is 2.77. The van der Waals surface area contributed by atoms with Crippen molar-refractivity contribution < 1.29 is 19.4 Å². The molecule has 0 aliphatic carbocycles. The van der Waals surface area contributed by atoms with Crippen LogP contribution in [0.3, 0.4) is 0 Å². The normalized spacial score (nSPS) is 13.7. The molecule has 2 rings (SSSR count). The number of fused-ring (bicyclic) bond motifs is 1. The maximum absolute atomic E-state index is 12.5. The van der Waals surface area contributed by atoms with Gasteiger partial charge in [0, 0.05) is 11.1 Å². The number of nitrogens with one attached hydrogen (secondary N) is 1. The highest BCUT2D eigenvalue weighted by atomic mass is 32.1. The highest BCUT2D eigenvalue weighted by Crippen LogP contribution is 2.32. The highest BCUT2D eigenvalue weighted by molar-refractivity contribution is 7.20. The fraction of sp³-hybridized carbons (Fsp3) is 0.438. The molecule has 0 saturated carbocycles. The van der Waals surface area contributed by atoms with E-state index in [0.717, 1.165) is 27.0 Å². The van der Waals surface area contributed by atoms with Gasteiger partial charge in [-0.05, 0) is 44.9 Å². The number of aliphatic hydroxyl groups is 1. The molecule has 6 nitrogen and oxygen atoms in total. The maximum atomic E-state index is 12.5. The molecule has 0 aromatic carbocycles. The number of aliphatic hydroxyl groups excluding tert-OH is 1. The van der Waals surface area contributed by atoms with Crippen molar-refractivity contribution >= 4 is 33.4 Å². The summed E-state index contributed by atoms with van der Waals surface area (Å²) in [4.78, 5) is 29.9. The van der Waals surface area contributed by atoms with Crippen molar-refractivity contribution in [2.24, 2.45) is 0 Å². The van der Waals surface area contributed by atoms with Crippen LogP contribution in [0, 0.1) is 20.8 Å². The van der Waals surface area contributed by atoms with Crippen LogP contribution in [0.4, 0.5) is 0 Å². The van der Waals surface area contributed by atoms with Crippen molar-refractivity contribution in [2.45, 2.75) is 39.8 Å². The Labute approximate surface area is 138 Å². The second-order valence-electron chi connectivity index (χ2n) is 5.53. The van der Waals surface area contributed by atoms with Gasteiger partial charge in [-0.15, -0.1) is 11.3 Å². The lowest BCUT2D eigenvalue weighted by Crippen LogP contribution is -2.48. The Morgan fingerprint density at radius 3 is 2.57 bits per heavy atom. The number of aromatic nitrogens is 1. The van der Waals surface area contributed by atoms with E-state index in [9.17, 15) is 14.7 Å². The van der Waals surface area contributed by atoms with Crippen LogP contribution in [-0.2, 0) is 9.53 Å². The largest absolute Gasteiger partial charge is 0.467 e. The first-order valence-electron chi connectivity index (χ1n) is 7.20. The van der Waals surface area contributed by atoms with Crippen LogP contribution < -0.4 is 5.32 Å². The number of pyridine rings is 1. The molecule has 0 spiro atoms. The van der Waals surface area contributed by atoms with Crippen molar-refractivity contribution in [3.8, 4) is 0 Å². The molecule has 2 aromatic heterocycles. The third-order valence-corrected chi connectivity index (χ3v) is 4.84. The summed E-state index contributed by atoms with van der Waals surface area (Å²) in [6, 6.07) is 0.865. The van der Waals surface area contributed by atoms with Crippen LogP contribution in [0.15, 0.2) is 6.07 Å². The van der Waals surface area contributed by atoms with E-state index < -0.39 is 24.0 Å². The minimum atomic E-state index is -1.10. The molecule has 2 aromatic rings. The molecule has 0 fully saturated rings. The van der Waals surface area contributed by atoms with E-state index in [1.165, 1.54) is 25.4 Å². The lowest BCUT2D eigenvalue weighted by molar-refractivity contribution is -0.145. The Bertz CT molecular complexity index is 767. The average molecular weight is 336 g/mol. The number of esters is 1. The highest BCUT2D eigenvalue weighted by Gasteiger charge is 2.28. The number of ether oxygens (including phenoxy) is 1. The molecule has 0 aliphatic rings. The Balaban J connectivity index is 2.40. The van der Waals surface area contributed by atoms with Crippen molar-refractivity contribution in [2.75, 3.05) is 7.11 Å². The fourth-order valence-electron chi connectivity index (χ4n) is 2.55. The predicted octanol–water partition coefficient (Wildman–Crippen LogP) is 1.87. The molecular weight excluding hydrogens is 316 g/mol. The van der Waals surface area contributed by atoms with Gasteiger partial charge in [0.25, 0.3) is 5.91 Å². The average Bonchev–Trinajstić information content (AvgIpc) is 2.80. The second-order valence-corrected chi connectivity index (χ2v) is 6.53. The number of nitrogens with zero attached hydrogens (tertiary/aromatic N) is 1. The third-order valence-electron chi connectivity index (χ3n) is 3.66. The number of aryl methyl sites for hydroxylation is 3. The molecule has 2 N–H and O–H groups in total. The van der Waals surface area contributed by atoms with Crippen molar-refractivity contribution in [3.63, 3.8) is 0 Å². The van der Waals surface area contributed by atoms with Gasteiger partial charge in [-0.3, -0.25) is 4.79 Å². The summed E-state index contributed by atoms with van der Waals surface area (Å²) in [5.74, 6) is -1.10. The monoisotopic (exact) mass is 336 g/mol. The zero-order valence-electron chi connectivity index (χ0n) is 13.8. The minimum Gasteiger partial charge on any atom is -0.467 e. The Morgan fingerprint density at radius 1 is 1.35 bits per heavy atom. The molecule has 0 radical (unpaired) electrons. The number of amides is 1. The summed E-state index contributed by atoms with van der Waals surface area (Å²) in [6.07, 6.45) is -1.05. The molecule has 0 unspecified atom stereocenters. The number of hydrogen-bond acceptors (Lipinski definition) is 6. The van der Waals surface area contributed by atoms with E-state index in [2.05, 4.69) is 15.0 Å². The standard InChI is InChI=1S/C16H20N2O4S/c1-7-6-8(2)17-15-11(7)9(3)13(23-15)14(20)18-12(10(4)19)16(21)22-5/h6,10,12,19H,1-5H3,(H,18,20)/t10-,12-/m0/s1. The molecule has 0 saturated heterocycles. The molecule has 2 atom stereocenters. The van der Waals surface area contributed by atoms with E-state index >= 15 is 0 Å². The van der Waals surface area contributed by atoms with Gasteiger partial charge in [-0.1, -0.05) is 0 Å². The number of hydrogen-bond donors (Lipinski definition) is 2. The van der Waals surface area contributed by atoms with Crippen molar-refractivity contribution in [1.29, 1.82) is 0 Å². The quantitative estimate of drug-likeness (QED) is 0.832. The van der Waals surface area contributed by atoms with Crippen LogP contribution in [-0.4, -0.2) is 41.2 Å². The summed E-state index contributed by atoms with van der Waals surface area (Å²) < 4.78 is 4.61. The van der Waals surface area contributed by atoms with E-state index in [-0.39, 0.29) is 0 Å². The SMILES string of the molecule is COC(=O)[C@@H](NC(=O)c1sc2nc(C)cc(C)c2c1C)[C@H](C)O. The number of carbonyl (C=O) groups excluding carboxylic acids is 2. The van der Waals surface area contributed by atoms with Crippen molar-refractivity contribution in [1.82, 2.24) is 10.3 Å². The van der Waals surface area contributed by atoms with Crippen LogP contribution in [0.5, 0.6) is 0 Å². The number of thiophene rings is 1. The van der Waals surface area contributed by atoms with Gasteiger partial charge >= 0.3 is 5.97 Å². The van der Waals surface area contributed by atoms with E-state index in [1.807, 2.05) is 26.8 Å². The van der Waals surface area contributed by atoms with E-state index in [4.69, 9.17) is 0 Å². The van der Waals surface area contributed by atoms with E-state index in [1.54, 1.807) is 0 Å². The van der Waals surface area contributed by atoms with Gasteiger partial charge in [0.15, 0.2) is 6.04 Å². The Kier molecular flexibility index (Phi) is 5.01. The first kappa shape index (κ1) is 17.4. The van der Waals surface area contributed by atoms with Gasteiger partial charge < -0.3 is 15.2 Å². The number of methoxy groups -OCH3 is 1. The van der Waals surface area contributed by atoms with E-state index in [0.29, 0.717) is 4.88 Å². The molecule has 7 heteroatoms. The summed E-state index contributed by atoms with van der Waals surface area (Å²) in [7, 11) is 1.21. The fourth-order valence-corrected chi connectivity index (χ4v) is 3.75. The molecule has 23 heavy (non-hydrogen) atoms. The molecule has 0 bridgehead atoms. The lowest BCUT2D eigenvalue weighted by Gasteiger charge is -2.18. The molecule has 0 aliphatic heterocycles. The number of rotatable bonds is 4. The first-order valence-corrected chi connectivity index (χ1v) is 8.02. The van der Waals surface area contributed by atoms with Gasteiger partial charge in [0.2, 0.25) is 0 Å². The van der Waals surface area contributed by atoms with Gasteiger partial charge in [-0.25, -0.2) is 9.78 Å². The summed E-state index contributed by atoms with van der Waals surface area (Å²) >= 11 is 1.28. The Hall–Kier alpha value is -1.99. The van der Waals surface area contributed by atoms with Crippen LogP contribution in [0.1, 0.15) is 33.4 Å². The molecule has 124 valence electrons. The maximum Gasteiger partial charge on any atom is 0.331 e. The topological polar surface area (TPSA) is 88.5 Å². The Morgan fingerprint density at radius 2 is 2.00 bits per heavy atom. The lowest BCUT2D eigenvalue weighted by atomic mass is 10.1. The van der Waals surface area contributed by atoms with Crippen LogP contribution in [0.2, 0.25) is 0 Å². The zero-order valence-corrected chi connectivity index (χ0v) is 14.6. The minimum absolute atomic E-state index is 0.418. The van der Waals surface area contributed by atoms with Gasteiger partial charge in [-0.2, -0.15) is 0 Å².